The van der Waals surface area contributed by atoms with Gasteiger partial charge in [0.05, 0.1) is 12.5 Å². The van der Waals surface area contributed by atoms with Crippen molar-refractivity contribution in [2.75, 3.05) is 6.54 Å². The van der Waals surface area contributed by atoms with Crippen molar-refractivity contribution in [3.63, 3.8) is 0 Å². The molecule has 0 amide bonds. The van der Waals surface area contributed by atoms with Crippen molar-refractivity contribution in [2.45, 2.75) is 39.8 Å². The van der Waals surface area contributed by atoms with Gasteiger partial charge in [-0.1, -0.05) is 6.92 Å². The molecule has 1 unspecified atom stereocenters. The van der Waals surface area contributed by atoms with E-state index >= 15 is 0 Å². The monoisotopic (exact) mass is 277 g/mol. The van der Waals surface area contributed by atoms with Gasteiger partial charge in [-0.05, 0) is 33.2 Å². The highest BCUT2D eigenvalue weighted by atomic mass is 16.1. The number of hydrogen-bond acceptors (Lipinski definition) is 4. The van der Waals surface area contributed by atoms with Crippen LogP contribution in [-0.4, -0.2) is 31.4 Å². The minimum Gasteiger partial charge on any atom is -0.312 e. The van der Waals surface area contributed by atoms with Gasteiger partial charge in [-0.15, -0.1) is 0 Å². The van der Waals surface area contributed by atoms with E-state index in [1.54, 1.807) is 28.8 Å². The summed E-state index contributed by atoms with van der Waals surface area (Å²) >= 11 is 0. The summed E-state index contributed by atoms with van der Waals surface area (Å²) in [6.07, 6.45) is 3.19. The van der Waals surface area contributed by atoms with Crippen LogP contribution in [0.2, 0.25) is 0 Å². The Labute approximate surface area is 118 Å². The molecular weight excluding hydrogens is 254 g/mol. The minimum absolute atomic E-state index is 0.0225. The molecule has 0 saturated heterocycles. The van der Waals surface area contributed by atoms with Gasteiger partial charge in [-0.3, -0.25) is 14.0 Å². The van der Waals surface area contributed by atoms with Gasteiger partial charge in [0.15, 0.2) is 5.65 Å². The lowest BCUT2D eigenvalue weighted by atomic mass is 10.1. The largest absolute Gasteiger partial charge is 0.312 e. The topological polar surface area (TPSA) is 64.7 Å². The van der Waals surface area contributed by atoms with Gasteiger partial charge >= 0.3 is 0 Å². The highest BCUT2D eigenvalue weighted by Crippen LogP contribution is 2.06. The molecule has 0 bridgehead atoms. The smallest absolute Gasteiger partial charge is 0.264 e. The van der Waals surface area contributed by atoms with E-state index in [0.29, 0.717) is 23.5 Å². The van der Waals surface area contributed by atoms with Gasteiger partial charge in [0.1, 0.15) is 5.39 Å². The Morgan fingerprint density at radius 2 is 2.10 bits per heavy atom. The molecule has 110 valence electrons. The molecule has 2 aromatic heterocycles. The van der Waals surface area contributed by atoms with E-state index < -0.39 is 0 Å². The van der Waals surface area contributed by atoms with Gasteiger partial charge in [-0.2, -0.15) is 5.10 Å². The molecule has 0 aromatic carbocycles. The van der Waals surface area contributed by atoms with Crippen molar-refractivity contribution in [1.82, 2.24) is 24.6 Å². The first-order chi connectivity index (χ1) is 9.28. The Morgan fingerprint density at radius 3 is 2.75 bits per heavy atom. The molecular formula is C14H23N5O. The van der Waals surface area contributed by atoms with E-state index in [-0.39, 0.29) is 11.1 Å². The summed E-state index contributed by atoms with van der Waals surface area (Å²) in [5.74, 6) is 0.350. The maximum Gasteiger partial charge on any atom is 0.264 e. The Balaban J connectivity index is 2.14. The number of nitrogens with zero attached hydrogens (tertiary/aromatic N) is 4. The van der Waals surface area contributed by atoms with Crippen LogP contribution in [0, 0.1) is 5.92 Å². The summed E-state index contributed by atoms with van der Waals surface area (Å²) in [6.45, 7) is 10.0. The van der Waals surface area contributed by atoms with Gasteiger partial charge in [0, 0.05) is 19.1 Å². The number of aromatic nitrogens is 4. The Morgan fingerprint density at radius 1 is 1.40 bits per heavy atom. The van der Waals surface area contributed by atoms with Crippen LogP contribution in [0.4, 0.5) is 0 Å². The third-order valence-corrected chi connectivity index (χ3v) is 3.21. The normalized spacial score (nSPS) is 13.8. The molecule has 20 heavy (non-hydrogen) atoms. The molecule has 2 aromatic rings. The molecule has 1 N–H and O–H groups in total. The first-order valence-electron chi connectivity index (χ1n) is 6.90. The van der Waals surface area contributed by atoms with Crippen molar-refractivity contribution < 1.29 is 0 Å². The van der Waals surface area contributed by atoms with Crippen LogP contribution in [0.5, 0.6) is 0 Å². The molecule has 0 aliphatic heterocycles. The maximum atomic E-state index is 12.3. The lowest BCUT2D eigenvalue weighted by Crippen LogP contribution is -2.40. The van der Waals surface area contributed by atoms with Gasteiger partial charge < -0.3 is 5.32 Å². The van der Waals surface area contributed by atoms with Gasteiger partial charge in [0.25, 0.3) is 5.56 Å². The van der Waals surface area contributed by atoms with Crippen molar-refractivity contribution >= 4 is 11.0 Å². The highest BCUT2D eigenvalue weighted by molar-refractivity contribution is 5.72. The second-order valence-electron chi connectivity index (χ2n) is 6.44. The number of fused-ring (bicyclic) bond motifs is 1. The summed E-state index contributed by atoms with van der Waals surface area (Å²) in [4.78, 5) is 16.6. The fourth-order valence-electron chi connectivity index (χ4n) is 2.08. The first kappa shape index (κ1) is 14.7. The third kappa shape index (κ3) is 3.25. The zero-order valence-corrected chi connectivity index (χ0v) is 12.8. The second kappa shape index (κ2) is 5.36. The van der Waals surface area contributed by atoms with E-state index in [9.17, 15) is 4.79 Å². The molecule has 6 heteroatoms. The fraction of sp³-hybridized carbons (Fsp3) is 0.643. The number of rotatable bonds is 4. The second-order valence-corrected chi connectivity index (χ2v) is 6.44. The average molecular weight is 277 g/mol. The molecule has 0 radical (unpaired) electrons. The maximum absolute atomic E-state index is 12.3. The molecule has 0 fully saturated rings. The Hall–Kier alpha value is -1.69. The van der Waals surface area contributed by atoms with Crippen LogP contribution >= 0.6 is 0 Å². The standard InChI is InChI=1S/C14H23N5O/c1-10(6-16-14(2,3)4)8-19-9-15-12-11(13(19)20)7-17-18(12)5/h7,9-10,16H,6,8H2,1-5H3. The summed E-state index contributed by atoms with van der Waals surface area (Å²) < 4.78 is 3.28. The molecule has 1 atom stereocenters. The molecule has 6 nitrogen and oxygen atoms in total. The Kier molecular flexibility index (Phi) is 3.94. The van der Waals surface area contributed by atoms with Crippen molar-refractivity contribution in [1.29, 1.82) is 0 Å². The lowest BCUT2D eigenvalue weighted by Gasteiger charge is -2.23. The lowest BCUT2D eigenvalue weighted by molar-refractivity contribution is 0.357. The molecule has 2 heterocycles. The number of nitrogens with one attached hydrogen (secondary N) is 1. The minimum atomic E-state index is -0.0225. The number of aryl methyl sites for hydroxylation is 1. The van der Waals surface area contributed by atoms with E-state index in [2.05, 4.69) is 43.1 Å². The predicted molar refractivity (Wildman–Crippen MR) is 79.7 cm³/mol. The van der Waals surface area contributed by atoms with Crippen LogP contribution < -0.4 is 10.9 Å². The van der Waals surface area contributed by atoms with E-state index in [1.807, 2.05) is 0 Å². The summed E-state index contributed by atoms with van der Waals surface area (Å²) in [5.41, 5.74) is 0.697. The zero-order valence-electron chi connectivity index (χ0n) is 12.8. The molecule has 0 aliphatic rings. The molecule has 0 saturated carbocycles. The van der Waals surface area contributed by atoms with E-state index in [1.165, 1.54) is 0 Å². The Bertz CT molecular complexity index is 650. The van der Waals surface area contributed by atoms with Crippen LogP contribution in [0.1, 0.15) is 27.7 Å². The zero-order chi connectivity index (χ0) is 14.9. The summed E-state index contributed by atoms with van der Waals surface area (Å²) in [6, 6.07) is 0. The van der Waals surface area contributed by atoms with Crippen molar-refractivity contribution in [3.05, 3.63) is 22.9 Å². The summed E-state index contributed by atoms with van der Waals surface area (Å²) in [7, 11) is 1.79. The van der Waals surface area contributed by atoms with E-state index in [0.717, 1.165) is 6.54 Å². The first-order valence-corrected chi connectivity index (χ1v) is 6.90. The molecule has 0 aliphatic carbocycles. The fourth-order valence-corrected chi connectivity index (χ4v) is 2.08. The highest BCUT2D eigenvalue weighted by Gasteiger charge is 2.13. The third-order valence-electron chi connectivity index (χ3n) is 3.21. The quantitative estimate of drug-likeness (QED) is 0.910. The summed E-state index contributed by atoms with van der Waals surface area (Å²) in [5, 5.41) is 8.10. The molecule has 2 rings (SSSR count). The van der Waals surface area contributed by atoms with Crippen LogP contribution in [0.25, 0.3) is 11.0 Å². The van der Waals surface area contributed by atoms with E-state index in [4.69, 9.17) is 0 Å². The van der Waals surface area contributed by atoms with Crippen LogP contribution in [0.3, 0.4) is 0 Å². The predicted octanol–water partition coefficient (Wildman–Crippen LogP) is 1.15. The van der Waals surface area contributed by atoms with Crippen molar-refractivity contribution in [2.24, 2.45) is 13.0 Å². The van der Waals surface area contributed by atoms with Crippen LogP contribution in [-0.2, 0) is 13.6 Å². The van der Waals surface area contributed by atoms with Gasteiger partial charge in [0.2, 0.25) is 0 Å². The number of hydrogen-bond donors (Lipinski definition) is 1. The SMILES string of the molecule is CC(CNC(C)(C)C)Cn1cnc2c(cnn2C)c1=O. The van der Waals surface area contributed by atoms with Crippen LogP contribution in [0.15, 0.2) is 17.3 Å². The van der Waals surface area contributed by atoms with Gasteiger partial charge in [-0.25, -0.2) is 4.98 Å². The van der Waals surface area contributed by atoms with Crippen molar-refractivity contribution in [3.8, 4) is 0 Å². The molecule has 0 spiro atoms. The average Bonchev–Trinajstić information content (AvgIpc) is 2.72.